The minimum absolute atomic E-state index is 0.0706. The van der Waals surface area contributed by atoms with Gasteiger partial charge in [0.1, 0.15) is 5.75 Å². The van der Waals surface area contributed by atoms with E-state index in [1.807, 2.05) is 41.5 Å². The van der Waals surface area contributed by atoms with Gasteiger partial charge in [-0.15, -0.1) is 6.58 Å². The van der Waals surface area contributed by atoms with Gasteiger partial charge in [-0.25, -0.2) is 12.4 Å². The van der Waals surface area contributed by atoms with Gasteiger partial charge in [-0.2, -0.15) is 0 Å². The number of H-pyrrole nitrogens is 1. The first-order valence-electron chi connectivity index (χ1n) is 13.5. The summed E-state index contributed by atoms with van der Waals surface area (Å²) in [6.45, 7) is 10.1. The number of anilines is 1. The van der Waals surface area contributed by atoms with Crippen molar-refractivity contribution in [3.8, 4) is 5.75 Å². The molecule has 10 nitrogen and oxygen atoms in total. The Kier molecular flexibility index (Phi) is 7.33. The van der Waals surface area contributed by atoms with Crippen molar-refractivity contribution in [1.82, 2.24) is 19.2 Å². The number of carbonyl (C=O) groups is 1. The monoisotopic (exact) mass is 577 g/mol. The highest BCUT2D eigenvalue weighted by atomic mass is 32.2. The van der Waals surface area contributed by atoms with Crippen LogP contribution in [-0.4, -0.2) is 46.6 Å². The number of nitrogens with one attached hydrogen (secondary N) is 2. The van der Waals surface area contributed by atoms with Gasteiger partial charge in [0, 0.05) is 54.3 Å². The number of aromatic nitrogens is 2. The molecular formula is C30H35N5O5S. The van der Waals surface area contributed by atoms with Crippen LogP contribution in [0.1, 0.15) is 53.4 Å². The van der Waals surface area contributed by atoms with Crippen LogP contribution in [-0.2, 0) is 16.6 Å². The van der Waals surface area contributed by atoms with Gasteiger partial charge in [-0.3, -0.25) is 9.59 Å². The van der Waals surface area contributed by atoms with Crippen molar-refractivity contribution >= 4 is 32.5 Å². The zero-order valence-corrected chi connectivity index (χ0v) is 24.5. The Hall–Kier alpha value is -4.25. The fourth-order valence-corrected chi connectivity index (χ4v) is 7.38. The molecule has 1 aliphatic heterocycles. The number of hydrogen-bond acceptors (Lipinski definition) is 7. The number of rotatable bonds is 10. The summed E-state index contributed by atoms with van der Waals surface area (Å²) in [7, 11) is -2.31. The summed E-state index contributed by atoms with van der Waals surface area (Å²) in [5.41, 5.74) is 2.59. The minimum Gasteiger partial charge on any atom is -0.496 e. The molecule has 11 heteroatoms. The number of fused-ring (bicyclic) bond motifs is 1. The molecule has 0 atom stereocenters. The lowest BCUT2D eigenvalue weighted by Gasteiger charge is -2.25. The van der Waals surface area contributed by atoms with Gasteiger partial charge in [0.2, 0.25) is 10.0 Å². The summed E-state index contributed by atoms with van der Waals surface area (Å²) in [5, 5.41) is 3.39. The third-order valence-electron chi connectivity index (χ3n) is 7.80. The Labute approximate surface area is 239 Å². The van der Waals surface area contributed by atoms with E-state index in [2.05, 4.69) is 16.9 Å². The van der Waals surface area contributed by atoms with E-state index in [4.69, 9.17) is 4.74 Å². The second kappa shape index (κ2) is 10.6. The number of carbonyl (C=O) groups excluding carboxylic acids is 1. The third kappa shape index (κ3) is 4.94. The van der Waals surface area contributed by atoms with Crippen molar-refractivity contribution in [2.24, 2.45) is 0 Å². The molecule has 1 fully saturated rings. The number of ether oxygens (including phenoxy) is 1. The van der Waals surface area contributed by atoms with Crippen molar-refractivity contribution in [3.63, 3.8) is 0 Å². The first-order valence-corrected chi connectivity index (χ1v) is 15.0. The van der Waals surface area contributed by atoms with Crippen LogP contribution < -0.4 is 20.5 Å². The summed E-state index contributed by atoms with van der Waals surface area (Å²) in [6, 6.07) is 5.23. The number of methoxy groups -OCH3 is 1. The molecule has 1 amide bonds. The number of allylic oxidation sites excluding steroid dienone is 1. The Balaban J connectivity index is 1.62. The minimum atomic E-state index is -3.78. The molecule has 2 aliphatic rings. The highest BCUT2D eigenvalue weighted by molar-refractivity contribution is 7.91. The van der Waals surface area contributed by atoms with Crippen LogP contribution in [0.25, 0.3) is 10.9 Å². The predicted molar refractivity (Wildman–Crippen MR) is 160 cm³/mol. The van der Waals surface area contributed by atoms with Gasteiger partial charge in [-0.05, 0) is 63.8 Å². The van der Waals surface area contributed by atoms with Crippen LogP contribution in [0.2, 0.25) is 0 Å². The molecule has 0 unspecified atom stereocenters. The van der Waals surface area contributed by atoms with Gasteiger partial charge < -0.3 is 24.8 Å². The zero-order chi connectivity index (χ0) is 29.5. The van der Waals surface area contributed by atoms with E-state index in [1.54, 1.807) is 44.3 Å². The molecule has 3 aromatic rings. The van der Waals surface area contributed by atoms with Crippen LogP contribution in [0, 0.1) is 13.8 Å². The quantitative estimate of drug-likeness (QED) is 0.346. The molecule has 0 saturated heterocycles. The van der Waals surface area contributed by atoms with Gasteiger partial charge in [0.15, 0.2) is 0 Å². The van der Waals surface area contributed by atoms with Gasteiger partial charge >= 0.3 is 0 Å². The predicted octanol–water partition coefficient (Wildman–Crippen LogP) is 4.26. The lowest BCUT2D eigenvalue weighted by atomic mass is 10.0. The van der Waals surface area contributed by atoms with E-state index in [0.717, 1.165) is 6.54 Å². The molecule has 2 N–H and O–H groups in total. The van der Waals surface area contributed by atoms with Gasteiger partial charge in [-0.1, -0.05) is 6.08 Å². The number of nitrogens with zero attached hydrogens (tertiary/aromatic N) is 3. The fraction of sp³-hybridized carbons (Fsp3) is 0.333. The molecular weight excluding hydrogens is 542 g/mol. The van der Waals surface area contributed by atoms with Crippen LogP contribution in [0.4, 0.5) is 5.69 Å². The average Bonchev–Trinajstić information content (AvgIpc) is 3.68. The molecule has 0 spiro atoms. The van der Waals surface area contributed by atoms with Crippen LogP contribution >= 0.6 is 0 Å². The first kappa shape index (κ1) is 28.3. The highest BCUT2D eigenvalue weighted by Crippen LogP contribution is 2.49. The Morgan fingerprint density at radius 2 is 1.88 bits per heavy atom. The number of aromatic amines is 1. The summed E-state index contributed by atoms with van der Waals surface area (Å²) < 4.78 is 33.7. The molecule has 0 bridgehead atoms. The summed E-state index contributed by atoms with van der Waals surface area (Å²) >= 11 is 0. The van der Waals surface area contributed by atoms with Gasteiger partial charge in [0.25, 0.3) is 11.5 Å². The number of pyridine rings is 1. The Bertz CT molecular complexity index is 1750. The molecule has 41 heavy (non-hydrogen) atoms. The second-order valence-electron chi connectivity index (χ2n) is 10.5. The van der Waals surface area contributed by atoms with Gasteiger partial charge in [0.05, 0.1) is 35.0 Å². The zero-order valence-electron chi connectivity index (χ0n) is 23.7. The molecule has 3 heterocycles. The average molecular weight is 578 g/mol. The largest absolute Gasteiger partial charge is 0.496 e. The lowest BCUT2D eigenvalue weighted by molar-refractivity contribution is 0.0952. The lowest BCUT2D eigenvalue weighted by Crippen LogP contribution is -2.29. The van der Waals surface area contributed by atoms with Crippen molar-refractivity contribution < 1.29 is 17.9 Å². The third-order valence-corrected chi connectivity index (χ3v) is 10.3. The topological polar surface area (TPSA) is 117 Å². The van der Waals surface area contributed by atoms with Crippen molar-refractivity contribution in [2.75, 3.05) is 18.6 Å². The van der Waals surface area contributed by atoms with Crippen molar-refractivity contribution in [2.45, 2.75) is 51.3 Å². The maximum Gasteiger partial charge on any atom is 0.256 e. The number of benzene rings is 1. The summed E-state index contributed by atoms with van der Waals surface area (Å²) in [6.07, 6.45) is 12.3. The molecule has 2 aromatic heterocycles. The standard InChI is InChI=1S/C30H35N5O5S/c1-6-8-30(9-10-30)41(38,39)35-19-20(3)27-23(16-22(17-25(27)35)34-13-11-33(7-2)12-14-34)28(36)31-18-24-26(40-5)15-21(4)32-29(24)37/h6,11-17,19H,1,7-10,18H2,2-5H3,(H,31,36)(H,32,37). The summed E-state index contributed by atoms with van der Waals surface area (Å²) in [5.74, 6) is -0.0654. The van der Waals surface area contributed by atoms with E-state index in [9.17, 15) is 18.0 Å². The molecule has 5 rings (SSSR count). The van der Waals surface area contributed by atoms with Crippen molar-refractivity contribution in [1.29, 1.82) is 0 Å². The smallest absolute Gasteiger partial charge is 0.256 e. The van der Waals surface area contributed by atoms with E-state index in [-0.39, 0.29) is 17.7 Å². The normalized spacial score (nSPS) is 15.8. The number of hydrogen-bond donors (Lipinski definition) is 2. The maximum atomic E-state index is 13.9. The SMILES string of the molecule is C=CCC1(S(=O)(=O)n2cc(C)c3c(C(=O)NCc4c(OC)cc(C)[nH]c4=O)cc(N4C=CN(CC)C=C4)cc32)CC1. The van der Waals surface area contributed by atoms with Crippen LogP contribution in [0.3, 0.4) is 0 Å². The molecule has 216 valence electrons. The van der Waals surface area contributed by atoms with Crippen molar-refractivity contribution in [3.05, 3.63) is 94.6 Å². The maximum absolute atomic E-state index is 13.9. The molecule has 1 aliphatic carbocycles. The Morgan fingerprint density at radius 3 is 2.49 bits per heavy atom. The second-order valence-corrected chi connectivity index (χ2v) is 12.7. The van der Waals surface area contributed by atoms with E-state index < -0.39 is 20.7 Å². The summed E-state index contributed by atoms with van der Waals surface area (Å²) in [4.78, 5) is 33.0. The van der Waals surface area contributed by atoms with E-state index in [1.165, 1.54) is 11.1 Å². The van der Waals surface area contributed by atoms with E-state index in [0.29, 0.717) is 58.4 Å². The van der Waals surface area contributed by atoms with Crippen LogP contribution in [0.15, 0.2) is 66.6 Å². The molecule has 0 radical (unpaired) electrons. The number of amides is 1. The van der Waals surface area contributed by atoms with Crippen LogP contribution in [0.5, 0.6) is 5.75 Å². The highest BCUT2D eigenvalue weighted by Gasteiger charge is 2.54. The Morgan fingerprint density at radius 1 is 1.17 bits per heavy atom. The molecule has 1 saturated carbocycles. The number of aryl methyl sites for hydroxylation is 2. The molecule has 1 aromatic carbocycles. The fourth-order valence-electron chi connectivity index (χ4n) is 5.31. The van der Waals surface area contributed by atoms with E-state index >= 15 is 0 Å². The first-order chi connectivity index (χ1) is 19.5.